The number of hydrogen-bond donors (Lipinski definition) is 0. The van der Waals surface area contributed by atoms with Crippen molar-refractivity contribution >= 4 is 58.4 Å². The summed E-state index contributed by atoms with van der Waals surface area (Å²) in [6.45, 7) is 42.6. The van der Waals surface area contributed by atoms with Crippen molar-refractivity contribution in [2.75, 3.05) is 52.8 Å². The normalized spacial score (nSPS) is 21.2. The molecule has 0 amide bonds. The van der Waals surface area contributed by atoms with Crippen molar-refractivity contribution in [1.29, 1.82) is 21.0 Å². The van der Waals surface area contributed by atoms with Crippen LogP contribution in [0.5, 0.6) is 0 Å². The highest BCUT2D eigenvalue weighted by Crippen LogP contribution is 2.50. The fourth-order valence-corrected chi connectivity index (χ4v) is 20.6. The maximum atomic E-state index is 9.48. The highest BCUT2D eigenvalue weighted by atomic mass is 16.5. The quantitative estimate of drug-likeness (QED) is 0.0944. The van der Waals surface area contributed by atoms with Gasteiger partial charge in [-0.25, -0.2) is 40.4 Å². The number of anilines is 6. The molecular weight excluding hydrogens is 1550 g/mol. The summed E-state index contributed by atoms with van der Waals surface area (Å²) in [7, 11) is 2.13. The van der Waals surface area contributed by atoms with E-state index in [1.165, 1.54) is 81.2 Å². The lowest BCUT2D eigenvalue weighted by molar-refractivity contribution is -0.0288. The van der Waals surface area contributed by atoms with E-state index in [1.807, 2.05) is 54.7 Å². The summed E-state index contributed by atoms with van der Waals surface area (Å²) in [5, 5.41) is 37.6. The lowest BCUT2D eigenvalue weighted by atomic mass is 9.78. The lowest BCUT2D eigenvalue weighted by Gasteiger charge is -2.42. The zero-order valence-electron chi connectivity index (χ0n) is 73.7. The van der Waals surface area contributed by atoms with E-state index in [1.54, 1.807) is 0 Å². The molecule has 4 fully saturated rings. The van der Waals surface area contributed by atoms with Crippen LogP contribution in [0.2, 0.25) is 0 Å². The van der Waals surface area contributed by atoms with Gasteiger partial charge in [0.15, 0.2) is 0 Å². The van der Waals surface area contributed by atoms with Crippen LogP contribution in [0.15, 0.2) is 244 Å². The molecule has 0 radical (unpaired) electrons. The fraction of sp³-hybridized carbons (Fsp3) is 0.382. The first-order valence-corrected chi connectivity index (χ1v) is 45.3. The minimum atomic E-state index is -0.279. The number of allylic oxidation sites excluding steroid dienone is 12. The summed E-state index contributed by atoms with van der Waals surface area (Å²) in [6, 6.07) is 54.1. The van der Waals surface area contributed by atoms with Gasteiger partial charge in [-0.05, 0) is 357 Å². The van der Waals surface area contributed by atoms with Gasteiger partial charge in [-0.15, -0.1) is 0 Å². The summed E-state index contributed by atoms with van der Waals surface area (Å²) in [4.78, 5) is 23.4. The Labute approximate surface area is 746 Å². The van der Waals surface area contributed by atoms with E-state index in [2.05, 4.69) is 244 Å². The second kappa shape index (κ2) is 39.2. The van der Waals surface area contributed by atoms with Crippen LogP contribution >= 0.6 is 0 Å². The number of hydrogen-bond acceptors (Lipinski definition) is 12. The molecule has 0 unspecified atom stereocenters. The lowest BCUT2D eigenvalue weighted by Crippen LogP contribution is -2.44. The predicted molar refractivity (Wildman–Crippen MR) is 504 cm³/mol. The molecule has 0 atom stereocenters. The van der Waals surface area contributed by atoms with Gasteiger partial charge in [-0.1, -0.05) is 97.3 Å². The first-order chi connectivity index (χ1) is 61.2. The van der Waals surface area contributed by atoms with Crippen molar-refractivity contribution in [3.8, 4) is 24.3 Å². The van der Waals surface area contributed by atoms with Crippen LogP contribution < -0.4 is 19.6 Å². The van der Waals surface area contributed by atoms with Gasteiger partial charge in [0.2, 0.25) is 0 Å². The Bertz CT molecular complexity index is 5840. The van der Waals surface area contributed by atoms with Gasteiger partial charge in [-0.3, -0.25) is 0 Å². The first-order valence-electron chi connectivity index (χ1n) is 45.3. The van der Waals surface area contributed by atoms with Gasteiger partial charge in [0.1, 0.15) is 45.4 Å². The maximum Gasteiger partial charge on any atom is 0.265 e. The van der Waals surface area contributed by atoms with E-state index < -0.39 is 0 Å². The van der Waals surface area contributed by atoms with Crippen molar-refractivity contribution in [2.45, 2.75) is 235 Å². The van der Waals surface area contributed by atoms with Gasteiger partial charge in [0, 0.05) is 98.6 Å². The second-order valence-corrected chi connectivity index (χ2v) is 36.8. The summed E-state index contributed by atoms with van der Waals surface area (Å²) < 4.78 is 25.8. The zero-order chi connectivity index (χ0) is 87.8. The molecule has 636 valence electrons. The SMILES string of the molecule is [C-]#[N+]/C(C#N)=C1C=C(/C=C/c2ccc3c(c2)CCCN3C(C)(C)C)OC2(CCCCC2)C\1.[C-]#[N+]/C(C#N)=C1C=C(/C=C/c2ccc3c(c2)CCCN3c2ccc(C)cc2)OC2(CCCCC2)C\1.[C-]#[N+]/C(C#N)=C1C=C(/C=C/c2ccc3c(c2)CCN3C)OC2(CCCC2)C\1.[C-]#[N+]/C(C#N)=C1C=C(/C=C/c2ccc3c(c2)CCN3c2ccccc2)OC2(CCCC2)C\1. The Morgan fingerprint density at radius 3 is 1.05 bits per heavy atom. The molecule has 8 heterocycles. The summed E-state index contributed by atoms with van der Waals surface area (Å²) in [5.41, 5.74) is 22.1. The molecule has 18 rings (SSSR count). The highest BCUT2D eigenvalue weighted by molar-refractivity contribution is 5.74. The van der Waals surface area contributed by atoms with Crippen LogP contribution in [0.3, 0.4) is 0 Å². The first kappa shape index (κ1) is 87.4. The minimum Gasteiger partial charge on any atom is -0.487 e. The average molecular weight is 1670 g/mol. The Morgan fingerprint density at radius 1 is 0.357 bits per heavy atom. The molecule has 16 nitrogen and oxygen atoms in total. The number of para-hydroxylation sites is 1. The van der Waals surface area contributed by atoms with E-state index in [4.69, 9.17) is 45.2 Å². The number of rotatable bonds is 10. The minimum absolute atomic E-state index is 0.117. The van der Waals surface area contributed by atoms with Crippen LogP contribution in [0.4, 0.5) is 34.1 Å². The Morgan fingerprint density at radius 2 is 0.675 bits per heavy atom. The molecule has 12 aliphatic rings. The topological polar surface area (TPSA) is 162 Å². The van der Waals surface area contributed by atoms with E-state index >= 15 is 0 Å². The Kier molecular flexibility index (Phi) is 27.2. The van der Waals surface area contributed by atoms with Gasteiger partial charge >= 0.3 is 0 Å². The number of likely N-dealkylation sites (N-methyl/N-ethyl adjacent to an activating group) is 1. The van der Waals surface area contributed by atoms with Gasteiger partial charge in [0.05, 0.1) is 50.6 Å². The van der Waals surface area contributed by atoms with Crippen molar-refractivity contribution in [3.05, 3.63) is 340 Å². The molecule has 6 aromatic carbocycles. The summed E-state index contributed by atoms with van der Waals surface area (Å²) in [5.74, 6) is 3.02. The van der Waals surface area contributed by atoms with E-state index in [9.17, 15) is 21.0 Å². The van der Waals surface area contributed by atoms with E-state index in [0.717, 1.165) is 229 Å². The predicted octanol–water partition coefficient (Wildman–Crippen LogP) is 26.5. The number of benzene rings is 6. The molecule has 8 aliphatic heterocycles. The van der Waals surface area contributed by atoms with Crippen LogP contribution in [0.1, 0.15) is 225 Å². The smallest absolute Gasteiger partial charge is 0.265 e. The summed E-state index contributed by atoms with van der Waals surface area (Å²) in [6.07, 6.45) is 52.5. The number of nitrogens with zero attached hydrogens (tertiary/aromatic N) is 12. The molecule has 126 heavy (non-hydrogen) atoms. The van der Waals surface area contributed by atoms with Crippen LogP contribution in [0, 0.1) is 78.5 Å². The molecule has 4 spiro atoms. The number of fused-ring (bicyclic) bond motifs is 4. The molecule has 4 aliphatic carbocycles. The zero-order valence-corrected chi connectivity index (χ0v) is 73.7. The molecule has 0 bridgehead atoms. The Hall–Kier alpha value is -13.5. The molecule has 0 aromatic heterocycles. The van der Waals surface area contributed by atoms with Gasteiger partial charge < -0.3 is 38.5 Å². The number of aryl methyl sites for hydroxylation is 3. The molecular formula is C110H112N12O4. The third kappa shape index (κ3) is 20.5. The van der Waals surface area contributed by atoms with E-state index in [-0.39, 0.29) is 50.7 Å². The second-order valence-electron chi connectivity index (χ2n) is 36.8. The fourth-order valence-electron chi connectivity index (χ4n) is 20.6. The largest absolute Gasteiger partial charge is 0.487 e. The summed E-state index contributed by atoms with van der Waals surface area (Å²) >= 11 is 0. The number of nitriles is 4. The molecule has 0 saturated heterocycles. The van der Waals surface area contributed by atoms with Crippen LogP contribution in [-0.4, -0.2) is 61.2 Å². The molecule has 16 heteroatoms. The third-order valence-electron chi connectivity index (χ3n) is 27.0. The van der Waals surface area contributed by atoms with Crippen molar-refractivity contribution in [3.63, 3.8) is 0 Å². The van der Waals surface area contributed by atoms with E-state index in [0.29, 0.717) is 25.7 Å². The monoisotopic (exact) mass is 1660 g/mol. The van der Waals surface area contributed by atoms with Crippen LogP contribution in [-0.2, 0) is 44.6 Å². The van der Waals surface area contributed by atoms with Crippen LogP contribution in [0.25, 0.3) is 43.7 Å². The molecule has 0 N–H and O–H groups in total. The Balaban J connectivity index is 0.000000130. The average Bonchev–Trinajstić information content (AvgIpc) is 1.56. The molecule has 4 saturated carbocycles. The molecule has 6 aromatic rings. The maximum absolute atomic E-state index is 9.48. The van der Waals surface area contributed by atoms with Crippen molar-refractivity contribution < 1.29 is 18.9 Å². The highest BCUT2D eigenvalue weighted by Gasteiger charge is 2.44. The van der Waals surface area contributed by atoms with Gasteiger partial charge in [-0.2, -0.15) is 0 Å². The third-order valence-corrected chi connectivity index (χ3v) is 27.0. The van der Waals surface area contributed by atoms with Gasteiger partial charge in [0.25, 0.3) is 22.8 Å². The standard InChI is InChI=1S/C31H31N3O.C28H25N3O.C28H33N3O.C23H23N3O/c1-23-8-12-27(13-9-23)34-18-6-7-25-19-24(11-15-30(25)34)10-14-28-20-26(29(22-32)33-2)21-31(35-28)16-4-3-5-17-31;1-30-26(20-29)23-18-25(32-28(19-23)14-5-6-15-28)11-9-21-10-12-27-22(17-21)13-16-31(27)24-7-3-2-4-8-24;1-27(2,3)31-16-8-9-22-17-21(11-13-26(22)31)10-12-24-18-23(25(20-29)30-4)19-28(32-24)14-6-5-7-15-28;1-25-21(16-24)19-14-20(27-23(15-19)10-3-4-11-23)7-5-17-6-8-22-18(13-17)9-12-26(22)2/h8-15,19-20H,3-7,16-18,21H2,1H3;2-4,7-12,17-18H,5-6,13-16,19H2;10-13,17-18H,5-9,14-16,19H2,1-3H3;5-8,13-14H,3-4,9-12,15H2,2H3/b14-10+,29-26+;11-9+,26-23+;12-10+,25-23+;7-5+,21-19+. The van der Waals surface area contributed by atoms with Crippen molar-refractivity contribution in [2.24, 2.45) is 0 Å². The number of ether oxygens (including phenoxy) is 4. The van der Waals surface area contributed by atoms with Crippen molar-refractivity contribution in [1.82, 2.24) is 0 Å².